The Morgan fingerprint density at radius 2 is 1.58 bits per heavy atom. The number of nitrogens with one attached hydrogen (secondary N) is 1. The Kier molecular flexibility index (Phi) is 7.82. The smallest absolute Gasteiger partial charge is 0.121 e. The normalized spacial score (nSPS) is 13.9. The van der Waals surface area contributed by atoms with Gasteiger partial charge in [0.25, 0.3) is 0 Å². The minimum absolute atomic E-state index is 0.120. The summed E-state index contributed by atoms with van der Waals surface area (Å²) in [6.07, 6.45) is -0.120. The summed E-state index contributed by atoms with van der Waals surface area (Å²) in [6, 6.07) is 20.8. The predicted molar refractivity (Wildman–Crippen MR) is 142 cm³/mol. The lowest BCUT2D eigenvalue weighted by Crippen LogP contribution is -2.24. The average molecular weight is 481 g/mol. The number of H-pyrrole nitrogens is 1. The first-order chi connectivity index (χ1) is 15.8. The molecule has 0 bridgehead atoms. The van der Waals surface area contributed by atoms with Crippen LogP contribution in [-0.4, -0.2) is 58.4 Å². The van der Waals surface area contributed by atoms with Crippen molar-refractivity contribution in [3.63, 3.8) is 0 Å². The van der Waals surface area contributed by atoms with Crippen LogP contribution in [0.15, 0.2) is 64.4 Å². The quantitative estimate of drug-likeness (QED) is 0.200. The summed E-state index contributed by atoms with van der Waals surface area (Å²) < 4.78 is 12.5. The SMILES string of the molecule is CN(C)CCOC(COCC[Si](C)(C)C)c1cc2c([nH]1)-c1ccccc1Sc1ccccc1-2. The van der Waals surface area contributed by atoms with Crippen molar-refractivity contribution in [2.45, 2.75) is 41.6 Å². The number of rotatable bonds is 10. The maximum absolute atomic E-state index is 6.36. The van der Waals surface area contributed by atoms with Gasteiger partial charge in [-0.1, -0.05) is 67.8 Å². The number of hydrogen-bond acceptors (Lipinski definition) is 4. The number of fused-ring (bicyclic) bond motifs is 5. The highest BCUT2D eigenvalue weighted by molar-refractivity contribution is 7.99. The second-order valence-electron chi connectivity index (χ2n) is 10.2. The third-order valence-corrected chi connectivity index (χ3v) is 8.72. The minimum Gasteiger partial charge on any atom is -0.379 e. The van der Waals surface area contributed by atoms with Gasteiger partial charge in [-0.25, -0.2) is 0 Å². The summed E-state index contributed by atoms with van der Waals surface area (Å²) in [6.45, 7) is 10.1. The van der Waals surface area contributed by atoms with Crippen molar-refractivity contribution in [3.05, 3.63) is 60.3 Å². The number of benzene rings is 2. The molecule has 2 heterocycles. The summed E-state index contributed by atoms with van der Waals surface area (Å²) in [5.74, 6) is 0. The lowest BCUT2D eigenvalue weighted by Gasteiger charge is -2.20. The molecule has 6 heteroatoms. The molecule has 0 spiro atoms. The molecule has 0 amide bonds. The first-order valence-corrected chi connectivity index (χ1v) is 16.3. The highest BCUT2D eigenvalue weighted by Gasteiger charge is 2.25. The third kappa shape index (κ3) is 6.19. The van der Waals surface area contributed by atoms with Gasteiger partial charge in [-0.05, 0) is 43.9 Å². The highest BCUT2D eigenvalue weighted by atomic mass is 32.2. The number of likely N-dealkylation sites (N-methyl/N-ethyl adjacent to an activating group) is 1. The van der Waals surface area contributed by atoms with Crippen molar-refractivity contribution in [1.29, 1.82) is 0 Å². The van der Waals surface area contributed by atoms with Gasteiger partial charge in [-0.3, -0.25) is 0 Å². The molecule has 0 saturated heterocycles. The third-order valence-electron chi connectivity index (χ3n) is 5.86. The van der Waals surface area contributed by atoms with Crippen LogP contribution in [0.25, 0.3) is 22.4 Å². The van der Waals surface area contributed by atoms with Gasteiger partial charge in [0.1, 0.15) is 6.10 Å². The van der Waals surface area contributed by atoms with Gasteiger partial charge < -0.3 is 19.4 Å². The maximum Gasteiger partial charge on any atom is 0.121 e. The molecule has 1 aromatic heterocycles. The molecule has 4 nitrogen and oxygen atoms in total. The predicted octanol–water partition coefficient (Wildman–Crippen LogP) is 6.79. The van der Waals surface area contributed by atoms with Crippen LogP contribution in [0.5, 0.6) is 0 Å². The van der Waals surface area contributed by atoms with Crippen LogP contribution in [-0.2, 0) is 9.47 Å². The Bertz CT molecular complexity index is 1010. The van der Waals surface area contributed by atoms with Crippen molar-refractivity contribution in [2.75, 3.05) is 40.5 Å². The molecule has 3 aromatic rings. The second-order valence-corrected chi connectivity index (χ2v) is 16.9. The number of aromatic amines is 1. The summed E-state index contributed by atoms with van der Waals surface area (Å²) >= 11 is 1.84. The fourth-order valence-electron chi connectivity index (χ4n) is 3.91. The summed E-state index contributed by atoms with van der Waals surface area (Å²) in [5.41, 5.74) is 6.00. The first-order valence-electron chi connectivity index (χ1n) is 11.8. The van der Waals surface area contributed by atoms with Gasteiger partial charge in [0.05, 0.1) is 18.9 Å². The van der Waals surface area contributed by atoms with Crippen molar-refractivity contribution in [1.82, 2.24) is 9.88 Å². The zero-order valence-corrected chi connectivity index (χ0v) is 22.3. The Hall–Kier alpha value is -1.83. The van der Waals surface area contributed by atoms with E-state index in [1.807, 2.05) is 11.8 Å². The van der Waals surface area contributed by atoms with Crippen LogP contribution in [0, 0.1) is 0 Å². The molecule has 1 aliphatic rings. The Balaban J connectivity index is 1.65. The molecule has 33 heavy (non-hydrogen) atoms. The standard InChI is InChI=1S/C27H36N2O2SSi/c1-29(2)14-15-31-24(19-30-16-17-33(3,4)5)23-18-22-20-10-6-8-12-25(20)32-26-13-9-7-11-21(26)27(22)28-23/h6-13,18,24,28H,14-17,19H2,1-5H3. The minimum atomic E-state index is -1.12. The number of nitrogens with zero attached hydrogens (tertiary/aromatic N) is 1. The fourth-order valence-corrected chi connectivity index (χ4v) is 5.76. The van der Waals surface area contributed by atoms with E-state index < -0.39 is 8.07 Å². The molecule has 0 aliphatic carbocycles. The van der Waals surface area contributed by atoms with E-state index in [-0.39, 0.29) is 6.10 Å². The van der Waals surface area contributed by atoms with E-state index in [2.05, 4.69) is 98.2 Å². The molecular weight excluding hydrogens is 444 g/mol. The topological polar surface area (TPSA) is 37.5 Å². The van der Waals surface area contributed by atoms with Crippen molar-refractivity contribution in [2.24, 2.45) is 0 Å². The van der Waals surface area contributed by atoms with E-state index in [0.717, 1.165) is 24.9 Å². The van der Waals surface area contributed by atoms with Gasteiger partial charge in [0.15, 0.2) is 0 Å². The first kappa shape index (κ1) is 24.3. The Morgan fingerprint density at radius 3 is 2.27 bits per heavy atom. The van der Waals surface area contributed by atoms with Crippen molar-refractivity contribution >= 4 is 19.8 Å². The lowest BCUT2D eigenvalue weighted by molar-refractivity contribution is -0.0209. The largest absolute Gasteiger partial charge is 0.379 e. The van der Waals surface area contributed by atoms with Crippen molar-refractivity contribution < 1.29 is 9.47 Å². The van der Waals surface area contributed by atoms with Crippen LogP contribution in [0.1, 0.15) is 11.8 Å². The van der Waals surface area contributed by atoms with Gasteiger partial charge >= 0.3 is 0 Å². The lowest BCUT2D eigenvalue weighted by atomic mass is 10.0. The molecule has 0 radical (unpaired) electrons. The molecule has 0 saturated carbocycles. The zero-order valence-electron chi connectivity index (χ0n) is 20.5. The Labute approximate surface area is 203 Å². The van der Waals surface area contributed by atoms with Crippen LogP contribution < -0.4 is 0 Å². The van der Waals surface area contributed by atoms with Gasteiger partial charge in [0.2, 0.25) is 0 Å². The van der Waals surface area contributed by atoms with Crippen LogP contribution in [0.2, 0.25) is 25.7 Å². The summed E-state index contributed by atoms with van der Waals surface area (Å²) in [7, 11) is 3.02. The Morgan fingerprint density at radius 1 is 0.909 bits per heavy atom. The molecule has 1 atom stereocenters. The van der Waals surface area contributed by atoms with E-state index in [0.29, 0.717) is 13.2 Å². The van der Waals surface area contributed by atoms with Gasteiger partial charge in [-0.15, -0.1) is 0 Å². The summed E-state index contributed by atoms with van der Waals surface area (Å²) in [5, 5.41) is 0. The molecule has 2 aromatic carbocycles. The number of ether oxygens (including phenoxy) is 2. The fraction of sp³-hybridized carbons (Fsp3) is 0.407. The van der Waals surface area contributed by atoms with Gasteiger partial charge in [-0.2, -0.15) is 0 Å². The van der Waals surface area contributed by atoms with Crippen LogP contribution >= 0.6 is 11.8 Å². The number of aromatic nitrogens is 1. The molecule has 1 aliphatic heterocycles. The summed E-state index contributed by atoms with van der Waals surface area (Å²) in [4.78, 5) is 8.45. The van der Waals surface area contributed by atoms with Crippen LogP contribution in [0.3, 0.4) is 0 Å². The van der Waals surface area contributed by atoms with E-state index in [1.54, 1.807) is 0 Å². The average Bonchev–Trinajstić information content (AvgIpc) is 3.15. The second kappa shape index (κ2) is 10.6. The molecule has 1 unspecified atom stereocenters. The van der Waals surface area contributed by atoms with E-state index in [9.17, 15) is 0 Å². The molecular formula is C27H36N2O2SSi. The highest BCUT2D eigenvalue weighted by Crippen LogP contribution is 2.48. The monoisotopic (exact) mass is 480 g/mol. The molecule has 0 fully saturated rings. The van der Waals surface area contributed by atoms with E-state index in [4.69, 9.17) is 9.47 Å². The van der Waals surface area contributed by atoms with Crippen LogP contribution in [0.4, 0.5) is 0 Å². The van der Waals surface area contributed by atoms with Crippen molar-refractivity contribution in [3.8, 4) is 22.4 Å². The van der Waals surface area contributed by atoms with E-state index >= 15 is 0 Å². The molecule has 1 N–H and O–H groups in total. The number of hydrogen-bond donors (Lipinski definition) is 1. The molecule has 176 valence electrons. The van der Waals surface area contributed by atoms with E-state index in [1.165, 1.54) is 32.2 Å². The zero-order chi connectivity index (χ0) is 23.4. The molecule has 4 rings (SSSR count). The van der Waals surface area contributed by atoms with Gasteiger partial charge in [0, 0.05) is 47.8 Å². The maximum atomic E-state index is 6.36.